The minimum Gasteiger partial charge on any atom is -0.456 e. The zero-order valence-electron chi connectivity index (χ0n) is 31.5. The van der Waals surface area contributed by atoms with Crippen LogP contribution in [0.15, 0.2) is 201 Å². The molecule has 4 aromatic heterocycles. The number of nitrogens with zero attached hydrogens (tertiary/aromatic N) is 1. The number of anilines is 3. The number of benzene rings is 9. The van der Waals surface area contributed by atoms with Crippen LogP contribution in [0.3, 0.4) is 0 Å². The van der Waals surface area contributed by atoms with Crippen LogP contribution in [-0.4, -0.2) is 0 Å². The first-order valence-corrected chi connectivity index (χ1v) is 20.6. The monoisotopic (exact) mass is 773 g/mol. The highest BCUT2D eigenvalue weighted by molar-refractivity contribution is 7.26. The summed E-state index contributed by atoms with van der Waals surface area (Å²) in [5, 5.41) is 8.71. The normalized spacial score (nSPS) is 12.1. The molecular formula is C54H31NO3S. The number of hydrogen-bond donors (Lipinski definition) is 0. The van der Waals surface area contributed by atoms with E-state index in [9.17, 15) is 0 Å². The third-order valence-corrected chi connectivity index (χ3v) is 13.1. The molecule has 0 N–H and O–H groups in total. The number of fused-ring (bicyclic) bond motifs is 12. The minimum atomic E-state index is 0.790. The predicted molar refractivity (Wildman–Crippen MR) is 247 cm³/mol. The predicted octanol–water partition coefficient (Wildman–Crippen LogP) is 16.6. The summed E-state index contributed by atoms with van der Waals surface area (Å²) in [6.45, 7) is 0. The molecule has 0 aliphatic heterocycles. The standard InChI is InChI=1S/C54H31NO3S/c1-2-14-32(15-3-1)34-16-4-8-23-43(34)55(44-24-13-21-39-37-18-7-11-27-49(37)59-54(39)44)33-28-29-36-42-31-48-50(40-19-6-10-26-46(40)56-48)51(53(42)58-47(36)30-33)41-22-12-20-38-35-17-5-9-25-45(35)57-52(38)41/h1-31H. The van der Waals surface area contributed by atoms with Crippen LogP contribution in [0.4, 0.5) is 17.1 Å². The molecular weight excluding hydrogens is 743 g/mol. The molecule has 9 aromatic carbocycles. The van der Waals surface area contributed by atoms with Gasteiger partial charge in [0.05, 0.1) is 16.1 Å². The molecule has 4 nitrogen and oxygen atoms in total. The van der Waals surface area contributed by atoms with Crippen molar-refractivity contribution in [1.29, 1.82) is 0 Å². The van der Waals surface area contributed by atoms with Gasteiger partial charge >= 0.3 is 0 Å². The maximum atomic E-state index is 7.19. The molecule has 0 spiro atoms. The molecule has 5 heteroatoms. The number of hydrogen-bond acceptors (Lipinski definition) is 5. The molecule has 0 aliphatic carbocycles. The lowest BCUT2D eigenvalue weighted by molar-refractivity contribution is 0.662. The Balaban J connectivity index is 1.11. The summed E-state index contributed by atoms with van der Waals surface area (Å²) in [7, 11) is 0. The van der Waals surface area contributed by atoms with Crippen molar-refractivity contribution in [3.05, 3.63) is 188 Å². The van der Waals surface area contributed by atoms with E-state index in [1.807, 2.05) is 35.6 Å². The number of para-hydroxylation sites is 4. The molecule has 0 aliphatic rings. The molecule has 0 bridgehead atoms. The number of rotatable bonds is 5. The van der Waals surface area contributed by atoms with Crippen LogP contribution in [-0.2, 0) is 0 Å². The summed E-state index contributed by atoms with van der Waals surface area (Å²) in [5.41, 5.74) is 12.3. The van der Waals surface area contributed by atoms with Gasteiger partial charge in [-0.25, -0.2) is 0 Å². The number of furan rings is 3. The third kappa shape index (κ3) is 4.77. The van der Waals surface area contributed by atoms with Crippen LogP contribution in [0.2, 0.25) is 0 Å². The van der Waals surface area contributed by atoms with Gasteiger partial charge in [0, 0.05) is 76.2 Å². The molecule has 0 radical (unpaired) electrons. The molecule has 0 atom stereocenters. The minimum absolute atomic E-state index is 0.790. The van der Waals surface area contributed by atoms with E-state index in [4.69, 9.17) is 13.3 Å². The summed E-state index contributed by atoms with van der Waals surface area (Å²) >= 11 is 1.84. The van der Waals surface area contributed by atoms with Crippen LogP contribution in [0.1, 0.15) is 0 Å². The fourth-order valence-corrected chi connectivity index (χ4v) is 10.5. The maximum Gasteiger partial charge on any atom is 0.144 e. The molecule has 0 amide bonds. The van der Waals surface area contributed by atoms with Gasteiger partial charge in [-0.15, -0.1) is 11.3 Å². The van der Waals surface area contributed by atoms with Gasteiger partial charge in [0.25, 0.3) is 0 Å². The van der Waals surface area contributed by atoms with Crippen molar-refractivity contribution in [2.75, 3.05) is 4.90 Å². The van der Waals surface area contributed by atoms with E-state index < -0.39 is 0 Å². The second-order valence-corrected chi connectivity index (χ2v) is 16.2. The van der Waals surface area contributed by atoms with E-state index >= 15 is 0 Å². The lowest BCUT2D eigenvalue weighted by atomic mass is 9.95. The summed E-state index contributed by atoms with van der Waals surface area (Å²) in [6.07, 6.45) is 0. The zero-order valence-corrected chi connectivity index (χ0v) is 32.3. The average Bonchev–Trinajstić information content (AvgIpc) is 4.06. The second-order valence-electron chi connectivity index (χ2n) is 15.1. The molecule has 0 fully saturated rings. The average molecular weight is 774 g/mol. The van der Waals surface area contributed by atoms with Crippen LogP contribution in [0.5, 0.6) is 0 Å². The van der Waals surface area contributed by atoms with Gasteiger partial charge in [-0.2, -0.15) is 0 Å². The molecule has 59 heavy (non-hydrogen) atoms. The maximum absolute atomic E-state index is 7.19. The summed E-state index contributed by atoms with van der Waals surface area (Å²) < 4.78 is 23.0. The van der Waals surface area contributed by atoms with Gasteiger partial charge in [0.1, 0.15) is 33.5 Å². The molecule has 13 aromatic rings. The Bertz CT molecular complexity index is 3810. The van der Waals surface area contributed by atoms with Crippen LogP contribution in [0.25, 0.3) is 108 Å². The lowest BCUT2D eigenvalue weighted by Crippen LogP contribution is -2.11. The van der Waals surface area contributed by atoms with E-state index in [-0.39, 0.29) is 0 Å². The molecule has 4 heterocycles. The van der Waals surface area contributed by atoms with Gasteiger partial charge in [-0.05, 0) is 54.1 Å². The Morgan fingerprint density at radius 2 is 1.02 bits per heavy atom. The Morgan fingerprint density at radius 3 is 1.92 bits per heavy atom. The highest BCUT2D eigenvalue weighted by atomic mass is 32.1. The van der Waals surface area contributed by atoms with Crippen molar-refractivity contribution in [3.8, 4) is 22.3 Å². The molecule has 0 saturated heterocycles. The highest BCUT2D eigenvalue weighted by Crippen LogP contribution is 2.50. The van der Waals surface area contributed by atoms with Gasteiger partial charge in [-0.3, -0.25) is 0 Å². The zero-order chi connectivity index (χ0) is 38.6. The van der Waals surface area contributed by atoms with Crippen molar-refractivity contribution < 1.29 is 13.3 Å². The summed E-state index contributed by atoms with van der Waals surface area (Å²) in [5.74, 6) is 0. The van der Waals surface area contributed by atoms with Gasteiger partial charge in [0.15, 0.2) is 0 Å². The topological polar surface area (TPSA) is 42.7 Å². The first-order chi connectivity index (χ1) is 29.3. The smallest absolute Gasteiger partial charge is 0.144 e. The Hall–Kier alpha value is -7.60. The summed E-state index contributed by atoms with van der Waals surface area (Å²) in [6, 6.07) is 66.4. The second kappa shape index (κ2) is 12.4. The van der Waals surface area contributed by atoms with Crippen molar-refractivity contribution in [3.63, 3.8) is 0 Å². The van der Waals surface area contributed by atoms with Gasteiger partial charge in [0.2, 0.25) is 0 Å². The molecule has 276 valence electrons. The lowest BCUT2D eigenvalue weighted by Gasteiger charge is -2.28. The SMILES string of the molecule is c1ccc(-c2ccccc2N(c2ccc3c(c2)oc2c(-c4cccc5c4oc4ccccc45)c4c(cc23)oc2ccccc24)c2cccc3c2sc2ccccc23)cc1. The van der Waals surface area contributed by atoms with Crippen LogP contribution >= 0.6 is 11.3 Å². The van der Waals surface area contributed by atoms with E-state index in [0.717, 1.165) is 105 Å². The first-order valence-electron chi connectivity index (χ1n) is 19.8. The van der Waals surface area contributed by atoms with E-state index in [0.29, 0.717) is 0 Å². The quantitative estimate of drug-likeness (QED) is 0.175. The molecule has 0 saturated carbocycles. The Kier molecular flexibility index (Phi) is 6.85. The third-order valence-electron chi connectivity index (χ3n) is 11.9. The van der Waals surface area contributed by atoms with E-state index in [1.54, 1.807) is 0 Å². The Morgan fingerprint density at radius 1 is 0.373 bits per heavy atom. The first kappa shape index (κ1) is 32.5. The highest BCUT2D eigenvalue weighted by Gasteiger charge is 2.26. The summed E-state index contributed by atoms with van der Waals surface area (Å²) in [4.78, 5) is 2.40. The van der Waals surface area contributed by atoms with Crippen LogP contribution < -0.4 is 4.90 Å². The molecule has 13 rings (SSSR count). The van der Waals surface area contributed by atoms with E-state index in [2.05, 4.69) is 169 Å². The van der Waals surface area contributed by atoms with Crippen LogP contribution in [0, 0.1) is 0 Å². The van der Waals surface area contributed by atoms with Crippen molar-refractivity contribution >= 4 is 114 Å². The largest absolute Gasteiger partial charge is 0.456 e. The van der Waals surface area contributed by atoms with Gasteiger partial charge in [-0.1, -0.05) is 133 Å². The Labute approximate surface area is 341 Å². The fraction of sp³-hybridized carbons (Fsp3) is 0. The van der Waals surface area contributed by atoms with Gasteiger partial charge < -0.3 is 18.2 Å². The number of thiophene rings is 1. The van der Waals surface area contributed by atoms with Crippen molar-refractivity contribution in [2.45, 2.75) is 0 Å². The fourth-order valence-electron chi connectivity index (χ4n) is 9.29. The molecule has 0 unspecified atom stereocenters. The van der Waals surface area contributed by atoms with E-state index in [1.165, 1.54) is 20.2 Å². The van der Waals surface area contributed by atoms with Crippen molar-refractivity contribution in [2.24, 2.45) is 0 Å². The van der Waals surface area contributed by atoms with Crippen molar-refractivity contribution in [1.82, 2.24) is 0 Å².